The Bertz CT molecular complexity index is 347. The first-order chi connectivity index (χ1) is 10.1. The highest BCUT2D eigenvalue weighted by Crippen LogP contribution is 2.50. The minimum absolute atomic E-state index is 0.897. The van der Waals surface area contributed by atoms with Crippen molar-refractivity contribution in [3.8, 4) is 0 Å². The summed E-state index contributed by atoms with van der Waals surface area (Å²) >= 11 is 2.43. The molecule has 0 aliphatic rings. The highest BCUT2D eigenvalue weighted by Gasteiger charge is 2.67. The van der Waals surface area contributed by atoms with E-state index < -0.39 is 64.0 Å². The van der Waals surface area contributed by atoms with Gasteiger partial charge in [-0.1, -0.05) is 45.2 Å². The first-order valence-electron chi connectivity index (χ1n) is 6.13. The maximum Gasteiger partial charge on any atom is 0.316 e. The second-order valence-corrected chi connectivity index (χ2v) is 8.49. The Morgan fingerprint density at radius 1 is 0.609 bits per heavy atom. The summed E-state index contributed by atoms with van der Waals surface area (Å²) in [6.45, 7) is -1.79. The summed E-state index contributed by atoms with van der Waals surface area (Å²) in [5.74, 6) is -20.7. The van der Waals surface area contributed by atoms with E-state index in [4.69, 9.17) is 10.2 Å². The number of halogens is 10. The second kappa shape index (κ2) is 8.47. The molecule has 0 spiro atoms. The number of rotatable bonds is 10. The number of aliphatic hydroxyl groups is 2. The van der Waals surface area contributed by atoms with Crippen LogP contribution in [0.15, 0.2) is 0 Å². The molecular formula is C11H14F8I2O2. The minimum atomic E-state index is -5.39. The van der Waals surface area contributed by atoms with Crippen LogP contribution >= 0.6 is 45.2 Å². The van der Waals surface area contributed by atoms with Crippen LogP contribution in [-0.4, -0.2) is 55.0 Å². The van der Waals surface area contributed by atoms with Crippen molar-refractivity contribution >= 4 is 45.2 Å². The Kier molecular flexibility index (Phi) is 8.77. The third-order valence-electron chi connectivity index (χ3n) is 2.87. The molecule has 0 aromatic carbocycles. The van der Waals surface area contributed by atoms with Gasteiger partial charge in [-0.15, -0.1) is 0 Å². The molecule has 0 aromatic rings. The van der Waals surface area contributed by atoms with Crippen molar-refractivity contribution in [2.45, 2.75) is 50.8 Å². The summed E-state index contributed by atoms with van der Waals surface area (Å²) in [5, 5.41) is 17.1. The van der Waals surface area contributed by atoms with E-state index >= 15 is 0 Å². The summed E-state index contributed by atoms with van der Waals surface area (Å²) < 4.78 is 105. The van der Waals surface area contributed by atoms with Crippen molar-refractivity contribution < 1.29 is 45.3 Å². The van der Waals surface area contributed by atoms with Crippen LogP contribution in [-0.2, 0) is 0 Å². The lowest BCUT2D eigenvalue weighted by Gasteiger charge is -2.34. The van der Waals surface area contributed by atoms with E-state index in [0.29, 0.717) is 0 Å². The smallest absolute Gasteiger partial charge is 0.316 e. The van der Waals surface area contributed by atoms with E-state index in [-0.39, 0.29) is 0 Å². The predicted molar refractivity (Wildman–Crippen MR) is 83.4 cm³/mol. The molecule has 23 heavy (non-hydrogen) atoms. The van der Waals surface area contributed by atoms with Gasteiger partial charge in [-0.05, 0) is 0 Å². The lowest BCUT2D eigenvalue weighted by molar-refractivity contribution is -0.283. The quantitative estimate of drug-likeness (QED) is 0.229. The molecule has 0 aromatic heterocycles. The molecule has 0 saturated heterocycles. The monoisotopic (exact) mass is 584 g/mol. The summed E-state index contributed by atoms with van der Waals surface area (Å²) in [6, 6.07) is 0. The standard InChI is InChI=1S/C11H14F8I2O2/c12-8(13,1-6(20)3-22)10(16,17)5-11(18,19)9(14,15)2-7(21)4-23/h6-7,22-23H,1-5H2/t6-,7-/m0/s1. The van der Waals surface area contributed by atoms with Gasteiger partial charge in [0.15, 0.2) is 0 Å². The molecule has 0 amide bonds. The van der Waals surface area contributed by atoms with Gasteiger partial charge in [-0.2, -0.15) is 35.1 Å². The highest BCUT2D eigenvalue weighted by atomic mass is 127. The first-order valence-corrected chi connectivity index (χ1v) is 8.62. The maximum atomic E-state index is 13.4. The van der Waals surface area contributed by atoms with E-state index in [1.807, 2.05) is 0 Å². The first kappa shape index (κ1) is 23.8. The zero-order chi connectivity index (χ0) is 18.7. The molecule has 0 saturated carbocycles. The Labute approximate surface area is 154 Å². The van der Waals surface area contributed by atoms with Crippen LogP contribution < -0.4 is 0 Å². The minimum Gasteiger partial charge on any atom is -0.395 e. The van der Waals surface area contributed by atoms with Crippen molar-refractivity contribution in [1.82, 2.24) is 0 Å². The molecular weight excluding hydrogens is 570 g/mol. The van der Waals surface area contributed by atoms with Crippen molar-refractivity contribution in [2.75, 3.05) is 13.2 Å². The normalized spacial score (nSPS) is 17.2. The van der Waals surface area contributed by atoms with Crippen molar-refractivity contribution in [1.29, 1.82) is 0 Å². The fourth-order valence-electron chi connectivity index (χ4n) is 1.52. The molecule has 0 fully saturated rings. The Hall–Kier alpha value is 0.820. The third kappa shape index (κ3) is 6.56. The molecule has 2 nitrogen and oxygen atoms in total. The van der Waals surface area contributed by atoms with Gasteiger partial charge in [0.25, 0.3) is 0 Å². The lowest BCUT2D eigenvalue weighted by Crippen LogP contribution is -2.52. The average Bonchev–Trinajstić information content (AvgIpc) is 2.35. The van der Waals surface area contributed by atoms with Gasteiger partial charge in [-0.25, -0.2) is 0 Å². The van der Waals surface area contributed by atoms with Crippen LogP contribution in [0.25, 0.3) is 0 Å². The summed E-state index contributed by atoms with van der Waals surface area (Å²) in [4.78, 5) is 0. The van der Waals surface area contributed by atoms with Crippen LogP contribution in [0.1, 0.15) is 19.3 Å². The highest BCUT2D eigenvalue weighted by molar-refractivity contribution is 14.1. The molecule has 12 heteroatoms. The van der Waals surface area contributed by atoms with Gasteiger partial charge in [-0.3, -0.25) is 0 Å². The molecule has 2 N–H and O–H groups in total. The lowest BCUT2D eigenvalue weighted by atomic mass is 9.95. The fraction of sp³-hybridized carbons (Fsp3) is 1.00. The molecule has 0 aliphatic carbocycles. The van der Waals surface area contributed by atoms with Gasteiger partial charge in [0.05, 0.1) is 19.6 Å². The molecule has 0 rings (SSSR count). The molecule has 0 unspecified atom stereocenters. The average molecular weight is 584 g/mol. The molecule has 0 radical (unpaired) electrons. The van der Waals surface area contributed by atoms with E-state index in [9.17, 15) is 35.1 Å². The van der Waals surface area contributed by atoms with Crippen LogP contribution in [0, 0.1) is 0 Å². The van der Waals surface area contributed by atoms with Gasteiger partial charge in [0.2, 0.25) is 0 Å². The van der Waals surface area contributed by atoms with Crippen LogP contribution in [0.5, 0.6) is 0 Å². The van der Waals surface area contributed by atoms with E-state index in [1.165, 1.54) is 45.2 Å². The SMILES string of the molecule is OC[C@@H](I)CC(F)(F)C(F)(F)CC(F)(F)C(F)(F)C[C@H](I)CO. The maximum absolute atomic E-state index is 13.4. The molecule has 2 atom stereocenters. The zero-order valence-corrected chi connectivity index (χ0v) is 15.7. The topological polar surface area (TPSA) is 40.5 Å². The van der Waals surface area contributed by atoms with Crippen molar-refractivity contribution in [2.24, 2.45) is 0 Å². The van der Waals surface area contributed by atoms with Gasteiger partial charge in [0, 0.05) is 20.7 Å². The second-order valence-electron chi connectivity index (χ2n) is 4.96. The number of aliphatic hydroxyl groups excluding tert-OH is 2. The summed E-state index contributed by atoms with van der Waals surface area (Å²) in [5.41, 5.74) is 0. The predicted octanol–water partition coefficient (Wildman–Crippen LogP) is 4.29. The van der Waals surface area contributed by atoms with E-state index in [1.54, 1.807) is 0 Å². The van der Waals surface area contributed by atoms with Crippen LogP contribution in [0.3, 0.4) is 0 Å². The van der Waals surface area contributed by atoms with E-state index in [2.05, 4.69) is 0 Å². The van der Waals surface area contributed by atoms with Crippen LogP contribution in [0.4, 0.5) is 35.1 Å². The van der Waals surface area contributed by atoms with Crippen LogP contribution in [0.2, 0.25) is 0 Å². The number of alkyl halides is 10. The van der Waals surface area contributed by atoms with Gasteiger partial charge in [0.1, 0.15) is 0 Å². The summed E-state index contributed by atoms with van der Waals surface area (Å²) in [6.07, 6.45) is -6.31. The van der Waals surface area contributed by atoms with Crippen molar-refractivity contribution in [3.63, 3.8) is 0 Å². The van der Waals surface area contributed by atoms with Gasteiger partial charge >= 0.3 is 23.7 Å². The number of hydrogen-bond donors (Lipinski definition) is 2. The molecule has 0 heterocycles. The Balaban J connectivity index is 5.24. The molecule has 0 bridgehead atoms. The fourth-order valence-corrected chi connectivity index (χ4v) is 2.63. The zero-order valence-electron chi connectivity index (χ0n) is 11.4. The van der Waals surface area contributed by atoms with E-state index in [0.717, 1.165) is 0 Å². The Morgan fingerprint density at radius 2 is 0.870 bits per heavy atom. The largest absolute Gasteiger partial charge is 0.395 e. The molecule has 0 aliphatic heterocycles. The van der Waals surface area contributed by atoms with Crippen molar-refractivity contribution in [3.05, 3.63) is 0 Å². The summed E-state index contributed by atoms with van der Waals surface area (Å²) in [7, 11) is 0. The Morgan fingerprint density at radius 3 is 1.09 bits per heavy atom. The third-order valence-corrected chi connectivity index (χ3v) is 4.53. The number of hydrogen-bond acceptors (Lipinski definition) is 2. The van der Waals surface area contributed by atoms with Gasteiger partial charge < -0.3 is 10.2 Å². The molecule has 140 valence electrons.